The Hall–Kier alpha value is -5.86. The smallest absolute Gasteiger partial charge is 0.0782 e. The minimum absolute atomic E-state index is 0.566. The Morgan fingerprint density at radius 1 is 0.356 bits per heavy atom. The van der Waals surface area contributed by atoms with Crippen LogP contribution in [0.1, 0.15) is 22.3 Å². The molecule has 0 saturated heterocycles. The lowest BCUT2D eigenvalue weighted by Crippen LogP contribution is -2.40. The Morgan fingerprint density at radius 2 is 0.778 bits per heavy atom. The van der Waals surface area contributed by atoms with E-state index in [0.717, 1.165) is 17.1 Å². The summed E-state index contributed by atoms with van der Waals surface area (Å²) >= 11 is 0. The van der Waals surface area contributed by atoms with Crippen LogP contribution in [-0.2, 0) is 5.41 Å². The van der Waals surface area contributed by atoms with E-state index >= 15 is 0 Å². The minimum Gasteiger partial charge on any atom is -0.355 e. The standard InChI is InChI=1S/C43H30N2/c1-4-14-30(15-5-1)32-24-26-41-37(28-32)43(35-20-10-12-22-39(35)44-40-23-13-11-21-36(40)43)38-29-33(31-16-6-2-7-17-31)25-27-42(38)45(41)34-18-8-3-9-19-34/h1-29,44H. The molecule has 0 unspecified atom stereocenters. The summed E-state index contributed by atoms with van der Waals surface area (Å²) in [6, 6.07) is 64.1. The second-order valence-corrected chi connectivity index (χ2v) is 11.8. The predicted octanol–water partition coefficient (Wildman–Crippen LogP) is 11.2. The predicted molar refractivity (Wildman–Crippen MR) is 187 cm³/mol. The molecule has 0 aromatic heterocycles. The molecule has 2 nitrogen and oxygen atoms in total. The van der Waals surface area contributed by atoms with E-state index in [0.29, 0.717) is 0 Å². The highest BCUT2D eigenvalue weighted by Crippen LogP contribution is 2.62. The Labute approximate surface area is 263 Å². The van der Waals surface area contributed by atoms with Crippen LogP contribution >= 0.6 is 0 Å². The van der Waals surface area contributed by atoms with Gasteiger partial charge in [0.05, 0.1) is 16.8 Å². The van der Waals surface area contributed by atoms with Gasteiger partial charge in [-0.25, -0.2) is 0 Å². The van der Waals surface area contributed by atoms with Crippen LogP contribution in [0.4, 0.5) is 28.4 Å². The zero-order valence-electron chi connectivity index (χ0n) is 24.7. The van der Waals surface area contributed by atoms with Crippen LogP contribution < -0.4 is 10.2 Å². The molecule has 1 spiro atoms. The SMILES string of the molecule is c1ccc(-c2ccc3c(c2)C2(c4ccccc4Nc4ccccc42)c2cc(-c4ccccc4)ccc2N3c2ccccc2)cc1. The molecule has 0 amide bonds. The summed E-state index contributed by atoms with van der Waals surface area (Å²) in [6.07, 6.45) is 0. The first kappa shape index (κ1) is 25.6. The summed E-state index contributed by atoms with van der Waals surface area (Å²) in [6.45, 7) is 0. The van der Waals surface area contributed by atoms with Gasteiger partial charge in [0.25, 0.3) is 0 Å². The van der Waals surface area contributed by atoms with Crippen molar-refractivity contribution in [2.75, 3.05) is 10.2 Å². The first-order valence-electron chi connectivity index (χ1n) is 15.5. The molecule has 0 bridgehead atoms. The zero-order valence-corrected chi connectivity index (χ0v) is 24.7. The molecule has 212 valence electrons. The van der Waals surface area contributed by atoms with Crippen molar-refractivity contribution in [2.45, 2.75) is 5.41 Å². The fourth-order valence-corrected chi connectivity index (χ4v) is 7.52. The van der Waals surface area contributed by atoms with Gasteiger partial charge in [0.2, 0.25) is 0 Å². The van der Waals surface area contributed by atoms with Gasteiger partial charge in [-0.05, 0) is 93.0 Å². The van der Waals surface area contributed by atoms with Crippen molar-refractivity contribution in [3.63, 3.8) is 0 Å². The highest BCUT2D eigenvalue weighted by molar-refractivity contribution is 5.95. The number of nitrogens with one attached hydrogen (secondary N) is 1. The van der Waals surface area contributed by atoms with Gasteiger partial charge in [-0.1, -0.05) is 127 Å². The normalized spacial score (nSPS) is 13.6. The second-order valence-electron chi connectivity index (χ2n) is 11.8. The van der Waals surface area contributed by atoms with Crippen LogP contribution in [-0.4, -0.2) is 0 Å². The molecule has 7 aromatic carbocycles. The van der Waals surface area contributed by atoms with Gasteiger partial charge in [-0.3, -0.25) is 0 Å². The monoisotopic (exact) mass is 574 g/mol. The second kappa shape index (κ2) is 10.1. The van der Waals surface area contributed by atoms with E-state index in [4.69, 9.17) is 0 Å². The highest BCUT2D eigenvalue weighted by atomic mass is 15.2. The molecule has 9 rings (SSSR count). The topological polar surface area (TPSA) is 15.3 Å². The molecule has 45 heavy (non-hydrogen) atoms. The summed E-state index contributed by atoms with van der Waals surface area (Å²) in [5.41, 5.74) is 15.1. The van der Waals surface area contributed by atoms with Gasteiger partial charge in [0.15, 0.2) is 0 Å². The third-order valence-electron chi connectivity index (χ3n) is 9.44. The van der Waals surface area contributed by atoms with Crippen molar-refractivity contribution in [3.05, 3.63) is 198 Å². The molecule has 7 aromatic rings. The maximum atomic E-state index is 3.80. The largest absolute Gasteiger partial charge is 0.355 e. The summed E-state index contributed by atoms with van der Waals surface area (Å²) in [5, 5.41) is 3.80. The molecule has 0 saturated carbocycles. The number of benzene rings is 7. The Bertz CT molecular complexity index is 2050. The number of anilines is 5. The molecule has 0 radical (unpaired) electrons. The molecular weight excluding hydrogens is 544 g/mol. The van der Waals surface area contributed by atoms with Crippen molar-refractivity contribution in [1.29, 1.82) is 0 Å². The minimum atomic E-state index is -0.566. The van der Waals surface area contributed by atoms with Gasteiger partial charge in [-0.15, -0.1) is 0 Å². The van der Waals surface area contributed by atoms with Crippen LogP contribution in [0.15, 0.2) is 176 Å². The first-order valence-corrected chi connectivity index (χ1v) is 15.5. The number of hydrogen-bond acceptors (Lipinski definition) is 2. The van der Waals surface area contributed by atoms with E-state index in [2.05, 4.69) is 186 Å². The molecular formula is C43H30N2. The molecule has 0 atom stereocenters. The lowest BCUT2D eigenvalue weighted by Gasteiger charge is -2.49. The van der Waals surface area contributed by atoms with Crippen LogP contribution in [0.5, 0.6) is 0 Å². The van der Waals surface area contributed by atoms with Gasteiger partial charge in [0, 0.05) is 17.1 Å². The van der Waals surface area contributed by atoms with Crippen LogP contribution in [0.25, 0.3) is 22.3 Å². The quantitative estimate of drug-likeness (QED) is 0.226. The van der Waals surface area contributed by atoms with E-state index in [9.17, 15) is 0 Å². The van der Waals surface area contributed by atoms with Crippen LogP contribution in [0, 0.1) is 0 Å². The number of hydrogen-bond donors (Lipinski definition) is 1. The fraction of sp³-hybridized carbons (Fsp3) is 0.0233. The number of rotatable bonds is 3. The van der Waals surface area contributed by atoms with Crippen LogP contribution in [0.2, 0.25) is 0 Å². The van der Waals surface area contributed by atoms with E-state index < -0.39 is 5.41 Å². The van der Waals surface area contributed by atoms with Gasteiger partial charge in [-0.2, -0.15) is 0 Å². The molecule has 2 heterocycles. The Morgan fingerprint density at radius 3 is 1.27 bits per heavy atom. The van der Waals surface area contributed by atoms with Crippen molar-refractivity contribution < 1.29 is 0 Å². The summed E-state index contributed by atoms with van der Waals surface area (Å²) in [7, 11) is 0. The Balaban J connectivity index is 1.46. The maximum absolute atomic E-state index is 3.80. The van der Waals surface area contributed by atoms with Crippen molar-refractivity contribution >= 4 is 28.4 Å². The van der Waals surface area contributed by atoms with E-state index in [1.165, 1.54) is 55.9 Å². The molecule has 0 fully saturated rings. The average Bonchev–Trinajstić information content (AvgIpc) is 3.12. The Kier molecular flexibility index (Phi) is 5.76. The zero-order chi connectivity index (χ0) is 29.8. The summed E-state index contributed by atoms with van der Waals surface area (Å²) in [4.78, 5) is 2.45. The van der Waals surface area contributed by atoms with Crippen molar-refractivity contribution in [1.82, 2.24) is 0 Å². The summed E-state index contributed by atoms with van der Waals surface area (Å²) in [5.74, 6) is 0. The van der Waals surface area contributed by atoms with Gasteiger partial charge < -0.3 is 10.2 Å². The molecule has 2 heteroatoms. The van der Waals surface area contributed by atoms with E-state index in [-0.39, 0.29) is 0 Å². The molecule has 0 aliphatic carbocycles. The highest BCUT2D eigenvalue weighted by Gasteiger charge is 2.50. The van der Waals surface area contributed by atoms with Crippen molar-refractivity contribution in [3.8, 4) is 22.3 Å². The van der Waals surface area contributed by atoms with E-state index in [1.807, 2.05) is 0 Å². The van der Waals surface area contributed by atoms with Gasteiger partial charge >= 0.3 is 0 Å². The average molecular weight is 575 g/mol. The molecule has 1 N–H and O–H groups in total. The third kappa shape index (κ3) is 3.82. The fourth-order valence-electron chi connectivity index (χ4n) is 7.52. The molecule has 2 aliphatic rings. The summed E-state index contributed by atoms with van der Waals surface area (Å²) < 4.78 is 0. The van der Waals surface area contributed by atoms with Crippen LogP contribution in [0.3, 0.4) is 0 Å². The number of nitrogens with zero attached hydrogens (tertiary/aromatic N) is 1. The maximum Gasteiger partial charge on any atom is 0.0782 e. The lowest BCUT2D eigenvalue weighted by molar-refractivity contribution is 0.728. The van der Waals surface area contributed by atoms with Gasteiger partial charge in [0.1, 0.15) is 0 Å². The molecule has 2 aliphatic heterocycles. The van der Waals surface area contributed by atoms with E-state index in [1.54, 1.807) is 0 Å². The first-order chi connectivity index (χ1) is 22.3. The number of para-hydroxylation sites is 3. The number of fused-ring (bicyclic) bond motifs is 8. The van der Waals surface area contributed by atoms with Crippen molar-refractivity contribution in [2.24, 2.45) is 0 Å². The third-order valence-corrected chi connectivity index (χ3v) is 9.44. The lowest BCUT2D eigenvalue weighted by atomic mass is 9.60.